The molecule has 3 rings (SSSR count). The largest absolute Gasteiger partial charge is 0.507 e. The van der Waals surface area contributed by atoms with Gasteiger partial charge in [-0.05, 0) is 48.6 Å². The first kappa shape index (κ1) is 17.4. The average Bonchev–Trinajstić information content (AvgIpc) is 3.08. The van der Waals surface area contributed by atoms with E-state index in [1.165, 1.54) is 21.8 Å². The normalized spacial score (nSPS) is 17.2. The van der Waals surface area contributed by atoms with Crippen LogP contribution in [0.4, 0.5) is 0 Å². The summed E-state index contributed by atoms with van der Waals surface area (Å²) in [5.41, 5.74) is 3.18. The van der Waals surface area contributed by atoms with Crippen molar-refractivity contribution in [3.63, 3.8) is 0 Å². The van der Waals surface area contributed by atoms with E-state index in [4.69, 9.17) is 0 Å². The molecule has 1 aliphatic heterocycles. The molecule has 1 aliphatic rings. The maximum absolute atomic E-state index is 12.5. The number of sulfonamides is 1. The number of piperazine rings is 1. The van der Waals surface area contributed by atoms with Gasteiger partial charge in [-0.1, -0.05) is 6.07 Å². The first-order valence-electron chi connectivity index (χ1n) is 8.04. The van der Waals surface area contributed by atoms with Crippen molar-refractivity contribution < 1.29 is 18.4 Å². The zero-order valence-corrected chi connectivity index (χ0v) is 15.6. The highest BCUT2D eigenvalue weighted by molar-refractivity contribution is 7.91. The van der Waals surface area contributed by atoms with Gasteiger partial charge < -0.3 is 10.0 Å². The van der Waals surface area contributed by atoms with Crippen LogP contribution in [0.3, 0.4) is 0 Å². The Morgan fingerprint density at radius 1 is 1.21 bits per heavy atom. The number of benzene rings is 1. The van der Waals surface area contributed by atoms with Gasteiger partial charge in [-0.25, -0.2) is 8.42 Å². The van der Waals surface area contributed by atoms with Crippen LogP contribution in [0.5, 0.6) is 5.75 Å². The summed E-state index contributed by atoms with van der Waals surface area (Å²) in [4.78, 5) is 1.30. The zero-order valence-electron chi connectivity index (χ0n) is 13.9. The number of aromatic hydroxyl groups is 1. The molecule has 1 fully saturated rings. The number of aryl methyl sites for hydroxylation is 2. The molecule has 130 valence electrons. The van der Waals surface area contributed by atoms with Gasteiger partial charge in [0.2, 0.25) is 0 Å². The first-order valence-corrected chi connectivity index (χ1v) is 10.4. The van der Waals surface area contributed by atoms with E-state index in [2.05, 4.69) is 0 Å². The maximum Gasteiger partial charge on any atom is 0.252 e. The lowest BCUT2D eigenvalue weighted by molar-refractivity contribution is -0.917. The van der Waals surface area contributed by atoms with Crippen LogP contribution in [0.1, 0.15) is 16.7 Å². The van der Waals surface area contributed by atoms with E-state index in [1.807, 2.05) is 26.0 Å². The first-order chi connectivity index (χ1) is 11.4. The van der Waals surface area contributed by atoms with Gasteiger partial charge in [-0.2, -0.15) is 4.31 Å². The number of phenolic OH excluding ortho intramolecular Hbond substituents is 1. The predicted molar refractivity (Wildman–Crippen MR) is 95.1 cm³/mol. The van der Waals surface area contributed by atoms with Crippen LogP contribution in [0.15, 0.2) is 33.9 Å². The van der Waals surface area contributed by atoms with Crippen molar-refractivity contribution in [1.82, 2.24) is 4.31 Å². The lowest BCUT2D eigenvalue weighted by Gasteiger charge is -2.31. The molecule has 0 amide bonds. The Morgan fingerprint density at radius 2 is 1.88 bits per heavy atom. The summed E-state index contributed by atoms with van der Waals surface area (Å²) >= 11 is 1.26. The summed E-state index contributed by atoms with van der Waals surface area (Å²) in [6.07, 6.45) is 0. The molecule has 24 heavy (non-hydrogen) atoms. The predicted octanol–water partition coefficient (Wildman–Crippen LogP) is 1.16. The second-order valence-electron chi connectivity index (χ2n) is 6.33. The number of thiophene rings is 1. The van der Waals surface area contributed by atoms with Crippen molar-refractivity contribution in [1.29, 1.82) is 0 Å². The molecule has 0 bridgehead atoms. The minimum Gasteiger partial charge on any atom is -0.507 e. The molecule has 5 nitrogen and oxygen atoms in total. The molecule has 1 saturated heterocycles. The van der Waals surface area contributed by atoms with Crippen LogP contribution >= 0.6 is 11.3 Å². The second-order valence-corrected chi connectivity index (χ2v) is 9.44. The Hall–Kier alpha value is -1.41. The van der Waals surface area contributed by atoms with E-state index >= 15 is 0 Å². The van der Waals surface area contributed by atoms with E-state index in [0.717, 1.165) is 30.8 Å². The second kappa shape index (κ2) is 6.84. The molecule has 1 aromatic carbocycles. The Kier molecular flexibility index (Phi) is 4.96. The van der Waals surface area contributed by atoms with Gasteiger partial charge in [0.1, 0.15) is 16.5 Å². The van der Waals surface area contributed by atoms with E-state index < -0.39 is 10.0 Å². The highest BCUT2D eigenvalue weighted by Crippen LogP contribution is 2.22. The van der Waals surface area contributed by atoms with Gasteiger partial charge in [0.15, 0.2) is 0 Å². The maximum atomic E-state index is 12.5. The number of rotatable bonds is 4. The number of hydrogen-bond acceptors (Lipinski definition) is 4. The third-order valence-electron chi connectivity index (χ3n) is 4.65. The van der Waals surface area contributed by atoms with Crippen LogP contribution in [0.25, 0.3) is 0 Å². The Labute approximate surface area is 147 Å². The van der Waals surface area contributed by atoms with Crippen LogP contribution in [-0.4, -0.2) is 44.0 Å². The van der Waals surface area contributed by atoms with Crippen LogP contribution in [-0.2, 0) is 16.6 Å². The lowest BCUT2D eigenvalue weighted by Crippen LogP contribution is -3.13. The highest BCUT2D eigenvalue weighted by Gasteiger charge is 2.31. The third-order valence-corrected chi connectivity index (χ3v) is 7.93. The lowest BCUT2D eigenvalue weighted by atomic mass is 10.0. The van der Waals surface area contributed by atoms with Crippen molar-refractivity contribution in [2.75, 3.05) is 26.2 Å². The summed E-state index contributed by atoms with van der Waals surface area (Å²) in [6, 6.07) is 7.27. The number of quaternary nitrogens is 1. The number of phenols is 1. The molecule has 0 atom stereocenters. The Morgan fingerprint density at radius 3 is 2.50 bits per heavy atom. The van der Waals surface area contributed by atoms with Crippen molar-refractivity contribution >= 4 is 21.4 Å². The molecule has 0 aliphatic carbocycles. The van der Waals surface area contributed by atoms with Crippen molar-refractivity contribution in [2.45, 2.75) is 24.6 Å². The molecule has 2 aromatic rings. The Bertz CT molecular complexity index is 809. The molecule has 2 heterocycles. The monoisotopic (exact) mass is 367 g/mol. The third kappa shape index (κ3) is 3.49. The summed E-state index contributed by atoms with van der Waals surface area (Å²) in [6.45, 7) is 7.27. The smallest absolute Gasteiger partial charge is 0.252 e. The fourth-order valence-corrected chi connectivity index (χ4v) is 5.61. The molecule has 0 unspecified atom stereocenters. The number of nitrogens with one attached hydrogen (secondary N) is 1. The minimum absolute atomic E-state index is 0.333. The van der Waals surface area contributed by atoms with Gasteiger partial charge in [0, 0.05) is 5.56 Å². The zero-order chi connectivity index (χ0) is 17.3. The summed E-state index contributed by atoms with van der Waals surface area (Å²) in [5.74, 6) is 0.333. The summed E-state index contributed by atoms with van der Waals surface area (Å²) in [7, 11) is -3.35. The molecule has 2 N–H and O–H groups in total. The van der Waals surface area contributed by atoms with Gasteiger partial charge in [0.25, 0.3) is 10.0 Å². The molecular weight excluding hydrogens is 344 g/mol. The molecule has 0 radical (unpaired) electrons. The molecule has 1 aromatic heterocycles. The topological polar surface area (TPSA) is 62.1 Å². The van der Waals surface area contributed by atoms with Crippen molar-refractivity contribution in [3.05, 3.63) is 46.3 Å². The van der Waals surface area contributed by atoms with Crippen molar-refractivity contribution in [2.24, 2.45) is 0 Å². The molecular formula is C17H23N2O3S2+. The number of nitrogens with zero attached hydrogens (tertiary/aromatic N) is 1. The highest BCUT2D eigenvalue weighted by atomic mass is 32.2. The van der Waals surface area contributed by atoms with Gasteiger partial charge >= 0.3 is 0 Å². The Balaban J connectivity index is 1.65. The quantitative estimate of drug-likeness (QED) is 0.853. The summed E-state index contributed by atoms with van der Waals surface area (Å²) < 4.78 is 27.1. The summed E-state index contributed by atoms with van der Waals surface area (Å²) in [5, 5.41) is 11.9. The van der Waals surface area contributed by atoms with E-state index in [9.17, 15) is 13.5 Å². The van der Waals surface area contributed by atoms with E-state index in [1.54, 1.807) is 21.8 Å². The standard InChI is InChI=1S/C17H22N2O3S2/c1-13-10-15(16(20)11-14(13)2)12-18-5-7-19(8-6-18)24(21,22)17-4-3-9-23-17/h3-4,9-11,20H,5-8,12H2,1-2H3/p+1. The molecule has 0 saturated carbocycles. The molecule has 0 spiro atoms. The minimum atomic E-state index is -3.35. The van der Waals surface area contributed by atoms with Crippen LogP contribution in [0, 0.1) is 13.8 Å². The van der Waals surface area contributed by atoms with Crippen molar-refractivity contribution in [3.8, 4) is 5.75 Å². The van der Waals surface area contributed by atoms with E-state index in [-0.39, 0.29) is 0 Å². The van der Waals surface area contributed by atoms with Gasteiger partial charge in [0.05, 0.1) is 26.2 Å². The van der Waals surface area contributed by atoms with E-state index in [0.29, 0.717) is 23.0 Å². The van der Waals surface area contributed by atoms with Gasteiger partial charge in [-0.15, -0.1) is 11.3 Å². The fraction of sp³-hybridized carbons (Fsp3) is 0.412. The van der Waals surface area contributed by atoms with Crippen LogP contribution < -0.4 is 4.90 Å². The van der Waals surface area contributed by atoms with Crippen LogP contribution in [0.2, 0.25) is 0 Å². The SMILES string of the molecule is Cc1cc(O)c(C[NH+]2CCN(S(=O)(=O)c3cccs3)CC2)cc1C. The fourth-order valence-electron chi connectivity index (χ4n) is 3.03. The molecule has 7 heteroatoms. The number of hydrogen-bond donors (Lipinski definition) is 2. The van der Waals surface area contributed by atoms with Gasteiger partial charge in [-0.3, -0.25) is 0 Å². The average molecular weight is 368 g/mol.